The highest BCUT2D eigenvalue weighted by Gasteiger charge is 2.33. The SMILES string of the molecule is c1ccc(C2=C3Cc4ccccc4C3N=N2)nc1. The molecule has 2 heterocycles. The van der Waals surface area contributed by atoms with Gasteiger partial charge in [0.25, 0.3) is 0 Å². The van der Waals surface area contributed by atoms with Gasteiger partial charge in [-0.25, -0.2) is 0 Å². The van der Waals surface area contributed by atoms with Crippen LogP contribution in [0.5, 0.6) is 0 Å². The summed E-state index contributed by atoms with van der Waals surface area (Å²) in [4.78, 5) is 4.37. The quantitative estimate of drug-likeness (QED) is 0.742. The fraction of sp³-hybridized carbons (Fsp3) is 0.133. The van der Waals surface area contributed by atoms with Gasteiger partial charge in [-0.2, -0.15) is 10.2 Å². The van der Waals surface area contributed by atoms with Crippen molar-refractivity contribution in [3.05, 3.63) is 71.1 Å². The van der Waals surface area contributed by atoms with Crippen LogP contribution in [0, 0.1) is 0 Å². The molecule has 2 aromatic rings. The number of fused-ring (bicyclic) bond motifs is 3. The Labute approximate surface area is 105 Å². The Morgan fingerprint density at radius 1 is 1.00 bits per heavy atom. The lowest BCUT2D eigenvalue weighted by Crippen LogP contribution is -1.91. The van der Waals surface area contributed by atoms with Crippen LogP contribution in [0.3, 0.4) is 0 Å². The van der Waals surface area contributed by atoms with E-state index in [0.717, 1.165) is 17.8 Å². The first-order valence-corrected chi connectivity index (χ1v) is 6.06. The smallest absolute Gasteiger partial charge is 0.120 e. The maximum absolute atomic E-state index is 4.41. The fourth-order valence-electron chi connectivity index (χ4n) is 2.69. The monoisotopic (exact) mass is 233 g/mol. The van der Waals surface area contributed by atoms with Crippen LogP contribution in [0.15, 0.2) is 64.5 Å². The second kappa shape index (κ2) is 3.60. The summed E-state index contributed by atoms with van der Waals surface area (Å²) in [7, 11) is 0. The van der Waals surface area contributed by atoms with Gasteiger partial charge in [-0.1, -0.05) is 30.3 Å². The third kappa shape index (κ3) is 1.27. The summed E-state index contributed by atoms with van der Waals surface area (Å²) in [5, 5.41) is 8.74. The van der Waals surface area contributed by atoms with Crippen molar-refractivity contribution in [2.24, 2.45) is 10.2 Å². The Balaban J connectivity index is 1.86. The van der Waals surface area contributed by atoms with Crippen molar-refractivity contribution in [2.75, 3.05) is 0 Å². The van der Waals surface area contributed by atoms with E-state index in [4.69, 9.17) is 0 Å². The third-order valence-electron chi connectivity index (χ3n) is 3.55. The van der Waals surface area contributed by atoms with Crippen molar-refractivity contribution < 1.29 is 0 Å². The third-order valence-corrected chi connectivity index (χ3v) is 3.55. The topological polar surface area (TPSA) is 37.6 Å². The maximum Gasteiger partial charge on any atom is 0.120 e. The molecule has 0 spiro atoms. The van der Waals surface area contributed by atoms with Gasteiger partial charge in [0.2, 0.25) is 0 Å². The molecule has 0 radical (unpaired) electrons. The van der Waals surface area contributed by atoms with Gasteiger partial charge in [0.1, 0.15) is 11.7 Å². The van der Waals surface area contributed by atoms with E-state index in [1.165, 1.54) is 16.7 Å². The van der Waals surface area contributed by atoms with Gasteiger partial charge < -0.3 is 0 Å². The highest BCUT2D eigenvalue weighted by molar-refractivity contribution is 5.71. The van der Waals surface area contributed by atoms with Crippen LogP contribution in [0.4, 0.5) is 0 Å². The molecular formula is C15H11N3. The molecule has 1 unspecified atom stereocenters. The van der Waals surface area contributed by atoms with Gasteiger partial charge in [0, 0.05) is 6.20 Å². The number of nitrogens with zero attached hydrogens (tertiary/aromatic N) is 3. The highest BCUT2D eigenvalue weighted by atomic mass is 15.2. The van der Waals surface area contributed by atoms with Crippen molar-refractivity contribution in [1.82, 2.24) is 4.98 Å². The summed E-state index contributed by atoms with van der Waals surface area (Å²) in [5.74, 6) is 0. The van der Waals surface area contributed by atoms with Crippen molar-refractivity contribution in [2.45, 2.75) is 12.5 Å². The Hall–Kier alpha value is -2.29. The molecule has 1 atom stereocenters. The molecule has 18 heavy (non-hydrogen) atoms. The second-order valence-electron chi connectivity index (χ2n) is 4.58. The molecule has 0 bridgehead atoms. The van der Waals surface area contributed by atoms with Crippen LogP contribution in [0.1, 0.15) is 22.9 Å². The number of azo groups is 1. The van der Waals surface area contributed by atoms with Gasteiger partial charge >= 0.3 is 0 Å². The van der Waals surface area contributed by atoms with E-state index in [9.17, 15) is 0 Å². The van der Waals surface area contributed by atoms with Gasteiger partial charge in [-0.3, -0.25) is 4.98 Å². The maximum atomic E-state index is 4.41. The Kier molecular flexibility index (Phi) is 1.94. The van der Waals surface area contributed by atoms with E-state index in [1.807, 2.05) is 18.2 Å². The van der Waals surface area contributed by atoms with Crippen LogP contribution < -0.4 is 0 Å². The summed E-state index contributed by atoms with van der Waals surface area (Å²) < 4.78 is 0. The minimum Gasteiger partial charge on any atom is -0.255 e. The molecule has 1 aliphatic heterocycles. The molecule has 3 nitrogen and oxygen atoms in total. The van der Waals surface area contributed by atoms with Crippen molar-refractivity contribution >= 4 is 5.70 Å². The van der Waals surface area contributed by atoms with E-state index in [0.29, 0.717) is 0 Å². The van der Waals surface area contributed by atoms with Crippen molar-refractivity contribution in [3.8, 4) is 0 Å². The van der Waals surface area contributed by atoms with Gasteiger partial charge in [0.15, 0.2) is 0 Å². The molecule has 1 aliphatic carbocycles. The zero-order valence-electron chi connectivity index (χ0n) is 9.74. The van der Waals surface area contributed by atoms with Crippen LogP contribution in [0.25, 0.3) is 5.70 Å². The molecule has 0 saturated heterocycles. The Bertz CT molecular complexity index is 671. The molecule has 0 N–H and O–H groups in total. The van der Waals surface area contributed by atoms with Crippen molar-refractivity contribution in [1.29, 1.82) is 0 Å². The number of benzene rings is 1. The largest absolute Gasteiger partial charge is 0.255 e. The first-order valence-electron chi connectivity index (χ1n) is 6.06. The summed E-state index contributed by atoms with van der Waals surface area (Å²) in [5.41, 5.74) is 5.82. The fourth-order valence-corrected chi connectivity index (χ4v) is 2.69. The number of aromatic nitrogens is 1. The normalized spacial score (nSPS) is 20.1. The molecule has 1 aromatic heterocycles. The summed E-state index contributed by atoms with van der Waals surface area (Å²) >= 11 is 0. The number of rotatable bonds is 1. The highest BCUT2D eigenvalue weighted by Crippen LogP contribution is 2.46. The van der Waals surface area contributed by atoms with Crippen LogP contribution in [-0.4, -0.2) is 4.98 Å². The first-order chi connectivity index (χ1) is 8.93. The van der Waals surface area contributed by atoms with E-state index >= 15 is 0 Å². The molecule has 1 aromatic carbocycles. The molecular weight excluding hydrogens is 222 g/mol. The van der Waals surface area contributed by atoms with Crippen LogP contribution in [0.2, 0.25) is 0 Å². The molecule has 2 aliphatic rings. The molecule has 4 rings (SSSR count). The first kappa shape index (κ1) is 9.71. The van der Waals surface area contributed by atoms with Gasteiger partial charge in [-0.05, 0) is 35.3 Å². The predicted octanol–water partition coefficient (Wildman–Crippen LogP) is 3.56. The zero-order chi connectivity index (χ0) is 11.9. The van der Waals surface area contributed by atoms with E-state index in [-0.39, 0.29) is 6.04 Å². The minimum atomic E-state index is 0.123. The van der Waals surface area contributed by atoms with Crippen LogP contribution in [-0.2, 0) is 6.42 Å². The standard InChI is InChI=1S/C15H11N3/c1-2-6-11-10(5-1)9-12-14(11)17-18-15(12)13-7-3-4-8-16-13/h1-8,14H,9H2. The molecule has 86 valence electrons. The minimum absolute atomic E-state index is 0.123. The Morgan fingerprint density at radius 3 is 2.78 bits per heavy atom. The lowest BCUT2D eigenvalue weighted by atomic mass is 10.1. The second-order valence-corrected chi connectivity index (χ2v) is 4.58. The van der Waals surface area contributed by atoms with E-state index in [1.54, 1.807) is 6.20 Å². The lowest BCUT2D eigenvalue weighted by Gasteiger charge is -2.01. The van der Waals surface area contributed by atoms with E-state index < -0.39 is 0 Å². The number of hydrogen-bond acceptors (Lipinski definition) is 3. The molecule has 0 fully saturated rings. The zero-order valence-corrected chi connectivity index (χ0v) is 9.74. The average Bonchev–Trinajstić information content (AvgIpc) is 2.98. The van der Waals surface area contributed by atoms with Crippen molar-refractivity contribution in [3.63, 3.8) is 0 Å². The molecule has 3 heteroatoms. The average molecular weight is 233 g/mol. The number of pyridine rings is 1. The van der Waals surface area contributed by atoms with Gasteiger partial charge in [-0.15, -0.1) is 0 Å². The Morgan fingerprint density at radius 2 is 1.89 bits per heavy atom. The van der Waals surface area contributed by atoms with E-state index in [2.05, 4.69) is 39.5 Å². The van der Waals surface area contributed by atoms with Crippen LogP contribution >= 0.6 is 0 Å². The summed E-state index contributed by atoms with van der Waals surface area (Å²) in [6, 6.07) is 14.5. The lowest BCUT2D eigenvalue weighted by molar-refractivity contribution is 0.862. The molecule has 0 amide bonds. The summed E-state index contributed by atoms with van der Waals surface area (Å²) in [6.07, 6.45) is 2.74. The summed E-state index contributed by atoms with van der Waals surface area (Å²) in [6.45, 7) is 0. The molecule has 0 saturated carbocycles. The predicted molar refractivity (Wildman–Crippen MR) is 68.9 cm³/mol. The van der Waals surface area contributed by atoms with Gasteiger partial charge in [0.05, 0.1) is 5.69 Å². The number of hydrogen-bond donors (Lipinski definition) is 0.